The number of likely N-dealkylation sites (tertiary alicyclic amines) is 1. The highest BCUT2D eigenvalue weighted by Gasteiger charge is 2.35. The first kappa shape index (κ1) is 16.3. The van der Waals surface area contributed by atoms with Crippen LogP contribution in [0.25, 0.3) is 0 Å². The highest BCUT2D eigenvalue weighted by molar-refractivity contribution is 5.68. The van der Waals surface area contributed by atoms with Crippen molar-refractivity contribution >= 4 is 6.09 Å². The Balaban J connectivity index is 1.59. The molecule has 1 amide bonds. The normalized spacial score (nSPS) is 20.0. The molecular formula is C19H21NO4. The summed E-state index contributed by atoms with van der Waals surface area (Å²) in [6.07, 6.45) is -0.989. The summed E-state index contributed by atoms with van der Waals surface area (Å²) in [5, 5.41) is 10.3. The lowest BCUT2D eigenvalue weighted by Gasteiger charge is -2.16. The highest BCUT2D eigenvalue weighted by atomic mass is 16.6. The zero-order valence-electron chi connectivity index (χ0n) is 13.6. The summed E-state index contributed by atoms with van der Waals surface area (Å²) >= 11 is 0. The number of carbonyl (C=O) groups excluding carboxylic acids is 1. The first-order valence-corrected chi connectivity index (χ1v) is 7.95. The summed E-state index contributed by atoms with van der Waals surface area (Å²) in [5.74, 6) is 0.658. The van der Waals surface area contributed by atoms with Gasteiger partial charge in [-0.1, -0.05) is 42.5 Å². The van der Waals surface area contributed by atoms with Crippen LogP contribution in [0.2, 0.25) is 0 Å². The molecule has 1 heterocycles. The van der Waals surface area contributed by atoms with Gasteiger partial charge in [0.2, 0.25) is 0 Å². The lowest BCUT2D eigenvalue weighted by Crippen LogP contribution is -2.30. The van der Waals surface area contributed by atoms with Gasteiger partial charge in [0.05, 0.1) is 19.8 Å². The predicted octanol–water partition coefficient (Wildman–Crippen LogP) is 2.79. The molecule has 2 aromatic rings. The molecule has 2 atom stereocenters. The van der Waals surface area contributed by atoms with E-state index in [1.807, 2.05) is 54.6 Å². The number of ether oxygens (including phenoxy) is 2. The van der Waals surface area contributed by atoms with E-state index in [2.05, 4.69) is 0 Å². The van der Waals surface area contributed by atoms with E-state index in [0.29, 0.717) is 6.54 Å². The summed E-state index contributed by atoms with van der Waals surface area (Å²) < 4.78 is 10.5. The molecule has 5 heteroatoms. The molecule has 0 unspecified atom stereocenters. The van der Waals surface area contributed by atoms with E-state index < -0.39 is 12.2 Å². The Kier molecular flexibility index (Phi) is 5.01. The molecule has 2 aromatic carbocycles. The molecule has 5 nitrogen and oxygen atoms in total. The fraction of sp³-hybridized carbons (Fsp3) is 0.316. The fourth-order valence-electron chi connectivity index (χ4n) is 2.93. The standard InChI is InChI=1S/C19H21NO4/c1-23-16-9-7-15(8-10-16)17-11-20(12-18(17)21)19(22)24-13-14-5-3-2-4-6-14/h2-10,17-18,21H,11-13H2,1H3/t17-,18+/m0/s1. The van der Waals surface area contributed by atoms with E-state index >= 15 is 0 Å². The zero-order valence-corrected chi connectivity index (χ0v) is 13.6. The van der Waals surface area contributed by atoms with Crippen molar-refractivity contribution in [3.05, 3.63) is 65.7 Å². The van der Waals surface area contributed by atoms with Gasteiger partial charge in [0.15, 0.2) is 0 Å². The maximum absolute atomic E-state index is 12.2. The number of carbonyl (C=O) groups is 1. The lowest BCUT2D eigenvalue weighted by molar-refractivity contribution is 0.0970. The summed E-state index contributed by atoms with van der Waals surface area (Å²) in [5.41, 5.74) is 1.93. The van der Waals surface area contributed by atoms with Crippen LogP contribution in [0.3, 0.4) is 0 Å². The van der Waals surface area contributed by atoms with E-state index in [1.54, 1.807) is 12.0 Å². The molecule has 0 aliphatic carbocycles. The van der Waals surface area contributed by atoms with Gasteiger partial charge in [-0.3, -0.25) is 0 Å². The molecule has 1 N–H and O–H groups in total. The van der Waals surface area contributed by atoms with Gasteiger partial charge in [-0.15, -0.1) is 0 Å². The number of nitrogens with zero attached hydrogens (tertiary/aromatic N) is 1. The maximum atomic E-state index is 12.2. The first-order chi connectivity index (χ1) is 11.7. The molecule has 1 aliphatic rings. The molecular weight excluding hydrogens is 306 g/mol. The molecule has 0 saturated carbocycles. The summed E-state index contributed by atoms with van der Waals surface area (Å²) in [6.45, 7) is 0.963. The third kappa shape index (κ3) is 3.68. The second-order valence-corrected chi connectivity index (χ2v) is 5.89. The average Bonchev–Trinajstić information content (AvgIpc) is 3.02. The molecule has 0 aromatic heterocycles. The van der Waals surface area contributed by atoms with E-state index in [0.717, 1.165) is 16.9 Å². The van der Waals surface area contributed by atoms with Crippen molar-refractivity contribution in [2.75, 3.05) is 20.2 Å². The van der Waals surface area contributed by atoms with Crippen LogP contribution in [-0.4, -0.2) is 42.4 Å². The van der Waals surface area contributed by atoms with Crippen LogP contribution in [-0.2, 0) is 11.3 Å². The first-order valence-electron chi connectivity index (χ1n) is 7.95. The largest absolute Gasteiger partial charge is 0.497 e. The summed E-state index contributed by atoms with van der Waals surface area (Å²) in [7, 11) is 1.61. The SMILES string of the molecule is COc1ccc([C@@H]2CN(C(=O)OCc3ccccc3)C[C@H]2O)cc1. The second kappa shape index (κ2) is 7.36. The minimum atomic E-state index is -0.595. The van der Waals surface area contributed by atoms with E-state index in [9.17, 15) is 9.90 Å². The van der Waals surface area contributed by atoms with Gasteiger partial charge in [-0.2, -0.15) is 0 Å². The van der Waals surface area contributed by atoms with Crippen molar-refractivity contribution in [1.29, 1.82) is 0 Å². The second-order valence-electron chi connectivity index (χ2n) is 5.89. The third-order valence-electron chi connectivity index (χ3n) is 4.30. The number of aliphatic hydroxyl groups excluding tert-OH is 1. The van der Waals surface area contributed by atoms with Crippen LogP contribution >= 0.6 is 0 Å². The molecule has 24 heavy (non-hydrogen) atoms. The molecule has 126 valence electrons. The Labute approximate surface area is 141 Å². The molecule has 3 rings (SSSR count). The number of amides is 1. The number of rotatable bonds is 4. The maximum Gasteiger partial charge on any atom is 0.410 e. The number of hydrogen-bond donors (Lipinski definition) is 1. The molecule has 0 spiro atoms. The number of methoxy groups -OCH3 is 1. The zero-order chi connectivity index (χ0) is 16.9. The lowest BCUT2D eigenvalue weighted by atomic mass is 9.96. The monoisotopic (exact) mass is 327 g/mol. The predicted molar refractivity (Wildman–Crippen MR) is 89.9 cm³/mol. The van der Waals surface area contributed by atoms with Crippen LogP contribution < -0.4 is 4.74 Å². The van der Waals surface area contributed by atoms with Gasteiger partial charge in [0.1, 0.15) is 12.4 Å². The van der Waals surface area contributed by atoms with Crippen LogP contribution in [0.4, 0.5) is 4.79 Å². The Morgan fingerprint density at radius 1 is 1.12 bits per heavy atom. The molecule has 1 fully saturated rings. The number of β-amino-alcohol motifs (C(OH)–C–C–N with tert-alkyl or cyclic N) is 1. The molecule has 0 radical (unpaired) electrons. The third-order valence-corrected chi connectivity index (χ3v) is 4.30. The van der Waals surface area contributed by atoms with E-state index in [1.165, 1.54) is 0 Å². The Morgan fingerprint density at radius 2 is 1.83 bits per heavy atom. The van der Waals surface area contributed by atoms with Gasteiger partial charge >= 0.3 is 6.09 Å². The number of benzene rings is 2. The molecule has 1 saturated heterocycles. The van der Waals surface area contributed by atoms with Crippen molar-refractivity contribution in [3.63, 3.8) is 0 Å². The molecule has 0 bridgehead atoms. The van der Waals surface area contributed by atoms with Gasteiger partial charge in [-0.25, -0.2) is 4.79 Å². The van der Waals surface area contributed by atoms with Crippen molar-refractivity contribution in [2.45, 2.75) is 18.6 Å². The minimum absolute atomic E-state index is 0.111. The fourth-order valence-corrected chi connectivity index (χ4v) is 2.93. The van der Waals surface area contributed by atoms with Crippen LogP contribution in [0, 0.1) is 0 Å². The van der Waals surface area contributed by atoms with Gasteiger partial charge < -0.3 is 19.5 Å². The van der Waals surface area contributed by atoms with Crippen LogP contribution in [0.15, 0.2) is 54.6 Å². The van der Waals surface area contributed by atoms with Gasteiger partial charge in [0, 0.05) is 12.5 Å². The molecule has 1 aliphatic heterocycles. The highest BCUT2D eigenvalue weighted by Crippen LogP contribution is 2.29. The Morgan fingerprint density at radius 3 is 2.50 bits per heavy atom. The Hall–Kier alpha value is -2.53. The van der Waals surface area contributed by atoms with Crippen molar-refractivity contribution < 1.29 is 19.4 Å². The summed E-state index contributed by atoms with van der Waals surface area (Å²) in [4.78, 5) is 13.8. The van der Waals surface area contributed by atoms with E-state index in [-0.39, 0.29) is 19.1 Å². The van der Waals surface area contributed by atoms with Crippen LogP contribution in [0.5, 0.6) is 5.75 Å². The Bertz CT molecular complexity index is 672. The summed E-state index contributed by atoms with van der Waals surface area (Å²) in [6, 6.07) is 17.1. The number of aliphatic hydroxyl groups is 1. The number of hydrogen-bond acceptors (Lipinski definition) is 4. The van der Waals surface area contributed by atoms with Crippen molar-refractivity contribution in [1.82, 2.24) is 4.90 Å². The quantitative estimate of drug-likeness (QED) is 0.938. The van der Waals surface area contributed by atoms with Crippen molar-refractivity contribution in [3.8, 4) is 5.75 Å². The van der Waals surface area contributed by atoms with Gasteiger partial charge in [-0.05, 0) is 23.3 Å². The topological polar surface area (TPSA) is 59.0 Å². The van der Waals surface area contributed by atoms with E-state index in [4.69, 9.17) is 9.47 Å². The average molecular weight is 327 g/mol. The van der Waals surface area contributed by atoms with Crippen LogP contribution in [0.1, 0.15) is 17.0 Å². The smallest absolute Gasteiger partial charge is 0.410 e. The van der Waals surface area contributed by atoms with Gasteiger partial charge in [0.25, 0.3) is 0 Å². The minimum Gasteiger partial charge on any atom is -0.497 e. The van der Waals surface area contributed by atoms with Crippen molar-refractivity contribution in [2.24, 2.45) is 0 Å².